The van der Waals surface area contributed by atoms with Crippen molar-refractivity contribution in [2.75, 3.05) is 0 Å². The third-order valence-corrected chi connectivity index (χ3v) is 3.85. The fourth-order valence-corrected chi connectivity index (χ4v) is 2.15. The molecule has 0 atom stereocenters. The minimum Gasteiger partial charge on any atom is -0.505 e. The maximum Gasteiger partial charge on any atom is 0.262 e. The largest absolute Gasteiger partial charge is 0.505 e. The number of hydrogen-bond acceptors (Lipinski definition) is 5. The van der Waals surface area contributed by atoms with Crippen LogP contribution in [0.1, 0.15) is 0 Å². The number of halogens is 2. The van der Waals surface area contributed by atoms with Crippen LogP contribution in [0.3, 0.4) is 0 Å². The van der Waals surface area contributed by atoms with Crippen molar-refractivity contribution in [3.05, 3.63) is 46.2 Å². The summed E-state index contributed by atoms with van der Waals surface area (Å²) in [7, 11) is 0. The number of rotatable bonds is 2. The predicted molar refractivity (Wildman–Crippen MR) is 77.3 cm³/mol. The van der Waals surface area contributed by atoms with E-state index in [9.17, 15) is 5.11 Å². The Morgan fingerprint density at radius 2 is 2.10 bits per heavy atom. The Labute approximate surface area is 127 Å². The molecule has 3 aromatic rings. The summed E-state index contributed by atoms with van der Waals surface area (Å²) in [5.74, 6) is 0.625. The Morgan fingerprint density at radius 1 is 1.25 bits per heavy atom. The first-order chi connectivity index (χ1) is 9.65. The number of aromatic hydroxyl groups is 1. The molecule has 1 aromatic carbocycles. The monoisotopic (exact) mass is 351 g/mol. The van der Waals surface area contributed by atoms with E-state index < -0.39 is 0 Å². The van der Waals surface area contributed by atoms with Crippen LogP contribution in [0.2, 0.25) is 5.02 Å². The van der Waals surface area contributed by atoms with Gasteiger partial charge in [-0.05, 0) is 40.2 Å². The van der Waals surface area contributed by atoms with Crippen LogP contribution in [0.25, 0.3) is 22.8 Å². The van der Waals surface area contributed by atoms with Gasteiger partial charge in [-0.15, -0.1) is 0 Å². The molecule has 0 saturated carbocycles. The van der Waals surface area contributed by atoms with Crippen LogP contribution >= 0.6 is 27.5 Å². The molecular formula is C13H7BrClN3O2. The first-order valence-electron chi connectivity index (χ1n) is 5.57. The van der Waals surface area contributed by atoms with E-state index in [0.29, 0.717) is 16.4 Å². The highest BCUT2D eigenvalue weighted by Gasteiger charge is 2.14. The molecule has 0 aliphatic rings. The highest BCUT2D eigenvalue weighted by atomic mass is 79.9. The summed E-state index contributed by atoms with van der Waals surface area (Å²) in [5.41, 5.74) is 1.19. The van der Waals surface area contributed by atoms with Crippen LogP contribution in [0.5, 0.6) is 5.75 Å². The third kappa shape index (κ3) is 2.39. The smallest absolute Gasteiger partial charge is 0.262 e. The molecule has 0 bridgehead atoms. The zero-order valence-corrected chi connectivity index (χ0v) is 12.3. The number of hydrogen-bond donors (Lipinski definition) is 1. The first-order valence-corrected chi connectivity index (χ1v) is 6.75. The second kappa shape index (κ2) is 5.22. The van der Waals surface area contributed by atoms with E-state index in [0.717, 1.165) is 10.0 Å². The standard InChI is InChI=1S/C13H7BrClN3O2/c14-9-5-7(1-2-10(9)15)12-17-13(20-18-12)8-3-4-16-6-11(8)19/h1-6,19H. The normalized spacial score (nSPS) is 10.7. The van der Waals surface area contributed by atoms with Crippen molar-refractivity contribution < 1.29 is 9.63 Å². The summed E-state index contributed by atoms with van der Waals surface area (Å²) in [6.07, 6.45) is 2.86. The van der Waals surface area contributed by atoms with Crippen LogP contribution in [0, 0.1) is 0 Å². The van der Waals surface area contributed by atoms with Gasteiger partial charge in [-0.1, -0.05) is 16.8 Å². The highest BCUT2D eigenvalue weighted by Crippen LogP contribution is 2.30. The van der Waals surface area contributed by atoms with Gasteiger partial charge in [0.15, 0.2) is 0 Å². The van der Waals surface area contributed by atoms with E-state index in [4.69, 9.17) is 16.1 Å². The molecule has 2 aromatic heterocycles. The van der Waals surface area contributed by atoms with E-state index in [1.54, 1.807) is 24.3 Å². The topological polar surface area (TPSA) is 72.0 Å². The number of aromatic nitrogens is 3. The van der Waals surface area contributed by atoms with Gasteiger partial charge in [-0.2, -0.15) is 4.98 Å². The lowest BCUT2D eigenvalue weighted by atomic mass is 10.2. The molecule has 0 aliphatic heterocycles. The molecule has 0 amide bonds. The van der Waals surface area contributed by atoms with Crippen molar-refractivity contribution in [3.8, 4) is 28.6 Å². The molecule has 20 heavy (non-hydrogen) atoms. The molecule has 0 radical (unpaired) electrons. The second-order valence-electron chi connectivity index (χ2n) is 3.94. The summed E-state index contributed by atoms with van der Waals surface area (Å²) in [6.45, 7) is 0. The highest BCUT2D eigenvalue weighted by molar-refractivity contribution is 9.10. The maximum atomic E-state index is 9.71. The molecule has 0 aliphatic carbocycles. The fraction of sp³-hybridized carbons (Fsp3) is 0. The van der Waals surface area contributed by atoms with Crippen LogP contribution in [0.4, 0.5) is 0 Å². The SMILES string of the molecule is Oc1cnccc1-c1nc(-c2ccc(Cl)c(Br)c2)no1. The molecule has 100 valence electrons. The van der Waals surface area contributed by atoms with Crippen molar-refractivity contribution in [2.24, 2.45) is 0 Å². The number of benzene rings is 1. The summed E-state index contributed by atoms with van der Waals surface area (Å²) < 4.78 is 5.90. The first kappa shape index (κ1) is 13.1. The van der Waals surface area contributed by atoms with Crippen molar-refractivity contribution in [1.29, 1.82) is 0 Å². The molecule has 3 rings (SSSR count). The molecule has 0 unspecified atom stereocenters. The zero-order valence-electron chi connectivity index (χ0n) is 9.92. The van der Waals surface area contributed by atoms with Crippen LogP contribution in [-0.2, 0) is 0 Å². The number of nitrogens with zero attached hydrogens (tertiary/aromatic N) is 3. The molecule has 0 fully saturated rings. The summed E-state index contributed by atoms with van der Waals surface area (Å²) in [4.78, 5) is 8.05. The van der Waals surface area contributed by atoms with Gasteiger partial charge >= 0.3 is 0 Å². The van der Waals surface area contributed by atoms with E-state index in [-0.39, 0.29) is 11.6 Å². The minimum atomic E-state index is -0.0139. The Bertz CT molecular complexity index is 776. The van der Waals surface area contributed by atoms with Crippen molar-refractivity contribution in [3.63, 3.8) is 0 Å². The van der Waals surface area contributed by atoms with Gasteiger partial charge < -0.3 is 9.63 Å². The van der Waals surface area contributed by atoms with Gasteiger partial charge in [0.05, 0.1) is 16.8 Å². The molecule has 7 heteroatoms. The van der Waals surface area contributed by atoms with Gasteiger partial charge in [-0.3, -0.25) is 4.98 Å². The Hall–Kier alpha value is -1.92. The quantitative estimate of drug-likeness (QED) is 0.757. The van der Waals surface area contributed by atoms with Crippen molar-refractivity contribution in [2.45, 2.75) is 0 Å². The fourth-order valence-electron chi connectivity index (χ4n) is 1.65. The minimum absolute atomic E-state index is 0.0139. The van der Waals surface area contributed by atoms with Gasteiger partial charge in [0, 0.05) is 16.2 Å². The maximum absolute atomic E-state index is 9.71. The number of pyridine rings is 1. The van der Waals surface area contributed by atoms with E-state index >= 15 is 0 Å². The average Bonchev–Trinajstić information content (AvgIpc) is 2.92. The van der Waals surface area contributed by atoms with Crippen molar-refractivity contribution >= 4 is 27.5 Å². The van der Waals surface area contributed by atoms with E-state index in [1.807, 2.05) is 0 Å². The third-order valence-electron chi connectivity index (χ3n) is 2.63. The molecule has 2 heterocycles. The van der Waals surface area contributed by atoms with Gasteiger partial charge in [0.25, 0.3) is 5.89 Å². The van der Waals surface area contributed by atoms with Crippen LogP contribution < -0.4 is 0 Å². The molecule has 0 spiro atoms. The predicted octanol–water partition coefficient (Wildman–Crippen LogP) is 3.92. The second-order valence-corrected chi connectivity index (χ2v) is 5.21. The summed E-state index contributed by atoms with van der Waals surface area (Å²) >= 11 is 9.28. The Kier molecular flexibility index (Phi) is 3.42. The van der Waals surface area contributed by atoms with E-state index in [1.165, 1.54) is 12.4 Å². The lowest BCUT2D eigenvalue weighted by molar-refractivity contribution is 0.425. The van der Waals surface area contributed by atoms with E-state index in [2.05, 4.69) is 31.1 Å². The lowest BCUT2D eigenvalue weighted by Crippen LogP contribution is -1.83. The summed E-state index contributed by atoms with van der Waals surface area (Å²) in [6, 6.07) is 6.92. The summed E-state index contributed by atoms with van der Waals surface area (Å²) in [5, 5.41) is 14.2. The van der Waals surface area contributed by atoms with Gasteiger partial charge in [-0.25, -0.2) is 0 Å². The van der Waals surface area contributed by atoms with Crippen molar-refractivity contribution in [1.82, 2.24) is 15.1 Å². The molecule has 1 N–H and O–H groups in total. The lowest BCUT2D eigenvalue weighted by Gasteiger charge is -1.98. The zero-order chi connectivity index (χ0) is 14.1. The Morgan fingerprint density at radius 3 is 2.85 bits per heavy atom. The molecule has 5 nitrogen and oxygen atoms in total. The van der Waals surface area contributed by atoms with Crippen LogP contribution in [0.15, 0.2) is 45.7 Å². The molecular weight excluding hydrogens is 346 g/mol. The van der Waals surface area contributed by atoms with Gasteiger partial charge in [0.1, 0.15) is 5.75 Å². The average molecular weight is 353 g/mol. The van der Waals surface area contributed by atoms with Gasteiger partial charge in [0.2, 0.25) is 5.82 Å². The Balaban J connectivity index is 2.02. The molecule has 0 saturated heterocycles. The van der Waals surface area contributed by atoms with Crippen LogP contribution in [-0.4, -0.2) is 20.2 Å².